The highest BCUT2D eigenvalue weighted by Crippen LogP contribution is 2.28. The second-order valence-corrected chi connectivity index (χ2v) is 6.91. The van der Waals surface area contributed by atoms with Crippen molar-refractivity contribution < 1.29 is 9.72 Å². The number of nitro groups is 1. The Bertz CT molecular complexity index is 554. The zero-order chi connectivity index (χ0) is 15.6. The number of non-ortho nitro benzene ring substituents is 1. The van der Waals surface area contributed by atoms with Crippen molar-refractivity contribution in [1.82, 2.24) is 4.90 Å². The molecule has 0 radical (unpaired) electrons. The second kappa shape index (κ2) is 6.72. The summed E-state index contributed by atoms with van der Waals surface area (Å²) >= 11 is 2.05. The highest BCUT2D eigenvalue weighted by molar-refractivity contribution is 14.1. The Hall–Kier alpha value is -1.18. The van der Waals surface area contributed by atoms with Crippen LogP contribution in [0.2, 0.25) is 0 Å². The number of nitro benzene ring substituents is 1. The van der Waals surface area contributed by atoms with Crippen LogP contribution >= 0.6 is 22.6 Å². The largest absolute Gasteiger partial charge is 0.339 e. The summed E-state index contributed by atoms with van der Waals surface area (Å²) in [4.78, 5) is 24.8. The van der Waals surface area contributed by atoms with E-state index in [9.17, 15) is 14.9 Å². The van der Waals surface area contributed by atoms with Crippen molar-refractivity contribution in [2.24, 2.45) is 5.92 Å². The topological polar surface area (TPSA) is 63.5 Å². The van der Waals surface area contributed by atoms with Crippen LogP contribution in [0, 0.1) is 19.6 Å². The number of amides is 1. The first-order chi connectivity index (χ1) is 9.90. The lowest BCUT2D eigenvalue weighted by atomic mass is 9.86. The molecule has 2 rings (SSSR count). The Morgan fingerprint density at radius 2 is 1.95 bits per heavy atom. The molecule has 0 saturated heterocycles. The first kappa shape index (κ1) is 16.2. The number of benzene rings is 1. The van der Waals surface area contributed by atoms with E-state index in [1.54, 1.807) is 18.0 Å². The molecule has 0 aromatic heterocycles. The number of halogens is 1. The first-order valence-corrected chi connectivity index (χ1v) is 8.19. The summed E-state index contributed by atoms with van der Waals surface area (Å²) in [5, 5.41) is 10.9. The summed E-state index contributed by atoms with van der Waals surface area (Å²) in [6, 6.07) is 4.68. The monoisotopic (exact) mass is 402 g/mol. The van der Waals surface area contributed by atoms with Crippen LogP contribution in [0.3, 0.4) is 0 Å². The van der Waals surface area contributed by atoms with Crippen molar-refractivity contribution in [3.63, 3.8) is 0 Å². The average molecular weight is 402 g/mol. The van der Waals surface area contributed by atoms with Gasteiger partial charge in [0.15, 0.2) is 0 Å². The molecule has 1 aliphatic carbocycles. The molecule has 0 spiro atoms. The predicted octanol–water partition coefficient (Wildman–Crippen LogP) is 3.85. The summed E-state index contributed by atoms with van der Waals surface area (Å²) in [6.45, 7) is 2.24. The van der Waals surface area contributed by atoms with Crippen molar-refractivity contribution in [2.45, 2.75) is 38.6 Å². The molecule has 1 fully saturated rings. The van der Waals surface area contributed by atoms with E-state index >= 15 is 0 Å². The quantitative estimate of drug-likeness (QED) is 0.438. The minimum Gasteiger partial charge on any atom is -0.339 e. The van der Waals surface area contributed by atoms with Crippen molar-refractivity contribution >= 4 is 34.2 Å². The zero-order valence-electron chi connectivity index (χ0n) is 12.2. The van der Waals surface area contributed by atoms with Gasteiger partial charge in [-0.3, -0.25) is 14.9 Å². The van der Waals surface area contributed by atoms with Gasteiger partial charge in [0.25, 0.3) is 11.6 Å². The van der Waals surface area contributed by atoms with E-state index in [1.165, 1.54) is 12.1 Å². The third kappa shape index (κ3) is 3.72. The molecule has 5 nitrogen and oxygen atoms in total. The third-order valence-electron chi connectivity index (χ3n) is 4.24. The highest BCUT2D eigenvalue weighted by Gasteiger charge is 2.27. The van der Waals surface area contributed by atoms with Crippen LogP contribution in [-0.2, 0) is 0 Å². The highest BCUT2D eigenvalue weighted by atomic mass is 127. The van der Waals surface area contributed by atoms with E-state index in [1.807, 2.05) is 0 Å². The van der Waals surface area contributed by atoms with Gasteiger partial charge < -0.3 is 4.90 Å². The van der Waals surface area contributed by atoms with Gasteiger partial charge in [-0.25, -0.2) is 0 Å². The van der Waals surface area contributed by atoms with Crippen molar-refractivity contribution in [3.05, 3.63) is 37.4 Å². The van der Waals surface area contributed by atoms with E-state index in [-0.39, 0.29) is 17.6 Å². The second-order valence-electron chi connectivity index (χ2n) is 5.75. The Morgan fingerprint density at radius 3 is 2.52 bits per heavy atom. The summed E-state index contributed by atoms with van der Waals surface area (Å²) in [5.74, 6) is 0.602. The minimum absolute atomic E-state index is 0.0376. The third-order valence-corrected chi connectivity index (χ3v) is 5.19. The lowest BCUT2D eigenvalue weighted by Gasteiger charge is -2.33. The smallest absolute Gasteiger partial charge is 0.270 e. The Morgan fingerprint density at radius 1 is 1.33 bits per heavy atom. The maximum atomic E-state index is 12.6. The lowest BCUT2D eigenvalue weighted by molar-refractivity contribution is -0.384. The molecule has 0 bridgehead atoms. The molecule has 1 amide bonds. The fourth-order valence-corrected chi connectivity index (χ4v) is 3.34. The predicted molar refractivity (Wildman–Crippen MR) is 89.3 cm³/mol. The van der Waals surface area contributed by atoms with Crippen LogP contribution in [0.5, 0.6) is 0 Å². The average Bonchev–Trinajstić information content (AvgIpc) is 2.47. The molecule has 114 valence electrons. The fraction of sp³-hybridized carbons (Fsp3) is 0.533. The van der Waals surface area contributed by atoms with E-state index < -0.39 is 4.92 Å². The standard InChI is InChI=1S/C15H19IN2O3/c1-10-3-5-11(6-4-10)17(2)15(19)13-9-12(18(20)21)7-8-14(13)16/h7-11H,3-6H2,1-2H3. The number of rotatable bonds is 3. The molecule has 0 heterocycles. The summed E-state index contributed by atoms with van der Waals surface area (Å²) in [5.41, 5.74) is 0.385. The summed E-state index contributed by atoms with van der Waals surface area (Å²) in [7, 11) is 1.80. The van der Waals surface area contributed by atoms with Gasteiger partial charge in [0, 0.05) is 28.8 Å². The number of hydrogen-bond acceptors (Lipinski definition) is 3. The molecule has 1 aliphatic rings. The number of carbonyl (C=O) groups is 1. The van der Waals surface area contributed by atoms with Crippen LogP contribution < -0.4 is 0 Å². The van der Waals surface area contributed by atoms with E-state index in [2.05, 4.69) is 29.5 Å². The van der Waals surface area contributed by atoms with Gasteiger partial charge in [-0.2, -0.15) is 0 Å². The maximum absolute atomic E-state index is 12.6. The summed E-state index contributed by atoms with van der Waals surface area (Å²) < 4.78 is 0.749. The normalized spacial score (nSPS) is 21.9. The molecule has 0 atom stereocenters. The van der Waals surface area contributed by atoms with Crippen molar-refractivity contribution in [1.29, 1.82) is 0 Å². The zero-order valence-corrected chi connectivity index (χ0v) is 14.4. The van der Waals surface area contributed by atoms with Crippen LogP contribution in [0.15, 0.2) is 18.2 Å². The van der Waals surface area contributed by atoms with E-state index in [0.29, 0.717) is 5.56 Å². The van der Waals surface area contributed by atoms with Crippen LogP contribution in [0.1, 0.15) is 43.0 Å². The number of carbonyl (C=O) groups excluding carboxylic acids is 1. The van der Waals surface area contributed by atoms with Gasteiger partial charge in [-0.1, -0.05) is 6.92 Å². The first-order valence-electron chi connectivity index (χ1n) is 7.11. The van der Waals surface area contributed by atoms with E-state index in [0.717, 1.165) is 35.2 Å². The van der Waals surface area contributed by atoms with Gasteiger partial charge in [0.1, 0.15) is 0 Å². The Kier molecular flexibility index (Phi) is 5.18. The maximum Gasteiger partial charge on any atom is 0.270 e. The minimum atomic E-state index is -0.463. The molecule has 6 heteroatoms. The Balaban J connectivity index is 2.19. The van der Waals surface area contributed by atoms with Crippen LogP contribution in [-0.4, -0.2) is 28.8 Å². The molecule has 0 unspecified atom stereocenters. The molecule has 1 aromatic rings. The SMILES string of the molecule is CC1CCC(N(C)C(=O)c2cc([N+](=O)[O-])ccc2I)CC1. The summed E-state index contributed by atoms with van der Waals surface area (Å²) in [6.07, 6.45) is 4.28. The molecule has 0 N–H and O–H groups in total. The van der Waals surface area contributed by atoms with Gasteiger partial charge in [0.2, 0.25) is 0 Å². The van der Waals surface area contributed by atoms with Crippen LogP contribution in [0.25, 0.3) is 0 Å². The van der Waals surface area contributed by atoms with Crippen molar-refractivity contribution in [2.75, 3.05) is 7.05 Å². The van der Waals surface area contributed by atoms with Gasteiger partial charge in [-0.05, 0) is 60.3 Å². The number of hydrogen-bond donors (Lipinski definition) is 0. The van der Waals surface area contributed by atoms with Crippen molar-refractivity contribution in [3.8, 4) is 0 Å². The lowest BCUT2D eigenvalue weighted by Crippen LogP contribution is -2.39. The molecule has 1 saturated carbocycles. The molecule has 21 heavy (non-hydrogen) atoms. The molecular weight excluding hydrogens is 383 g/mol. The molecular formula is C15H19IN2O3. The van der Waals surface area contributed by atoms with Crippen LogP contribution in [0.4, 0.5) is 5.69 Å². The molecule has 1 aromatic carbocycles. The fourth-order valence-electron chi connectivity index (χ4n) is 2.78. The van der Waals surface area contributed by atoms with Gasteiger partial charge in [0.05, 0.1) is 10.5 Å². The van der Waals surface area contributed by atoms with Gasteiger partial charge in [-0.15, -0.1) is 0 Å². The van der Waals surface area contributed by atoms with Gasteiger partial charge >= 0.3 is 0 Å². The van der Waals surface area contributed by atoms with E-state index in [4.69, 9.17) is 0 Å². The Labute approximate surface area is 138 Å². The number of nitrogens with zero attached hydrogens (tertiary/aromatic N) is 2. The molecule has 0 aliphatic heterocycles.